The number of Topliss-reactive ketones (excluding diaryl/α,β-unsaturated/α-hetero) is 1. The number of ketones is 1. The van der Waals surface area contributed by atoms with Crippen molar-refractivity contribution in [1.82, 2.24) is 20.1 Å². The number of rotatable bonds is 11. The summed E-state index contributed by atoms with van der Waals surface area (Å²) in [5, 5.41) is 3.01. The molecule has 11 nitrogen and oxygen atoms in total. The van der Waals surface area contributed by atoms with Crippen molar-refractivity contribution in [1.29, 1.82) is 0 Å². The van der Waals surface area contributed by atoms with Crippen LogP contribution in [0.15, 0.2) is 12.1 Å². The van der Waals surface area contributed by atoms with E-state index >= 15 is 0 Å². The van der Waals surface area contributed by atoms with Crippen molar-refractivity contribution in [3.8, 4) is 0 Å². The summed E-state index contributed by atoms with van der Waals surface area (Å²) in [7, 11) is 0. The Labute approximate surface area is 238 Å². The van der Waals surface area contributed by atoms with Gasteiger partial charge >= 0.3 is 6.03 Å². The van der Waals surface area contributed by atoms with E-state index in [1.807, 2.05) is 4.90 Å². The molecule has 3 aliphatic rings. The van der Waals surface area contributed by atoms with Crippen LogP contribution in [-0.4, -0.2) is 117 Å². The van der Waals surface area contributed by atoms with Crippen molar-refractivity contribution in [3.63, 3.8) is 0 Å². The monoisotopic (exact) mass is 557 g/mol. The van der Waals surface area contributed by atoms with Crippen LogP contribution in [0.4, 0.5) is 22.1 Å². The molecule has 3 amide bonds. The van der Waals surface area contributed by atoms with Crippen molar-refractivity contribution >= 4 is 35.0 Å². The molecule has 4 rings (SSSR count). The number of carbonyl (C=O) groups excluding carboxylic acids is 3. The van der Waals surface area contributed by atoms with Crippen LogP contribution < -0.4 is 20.0 Å². The molecule has 3 unspecified atom stereocenters. The predicted octanol–water partition coefficient (Wildman–Crippen LogP) is 2.20. The molecule has 40 heavy (non-hydrogen) atoms. The molecular weight excluding hydrogens is 510 g/mol. The lowest BCUT2D eigenvalue weighted by Gasteiger charge is -2.40. The first kappa shape index (κ1) is 29.9. The van der Waals surface area contributed by atoms with E-state index in [4.69, 9.17) is 9.72 Å². The Kier molecular flexibility index (Phi) is 10.1. The molecule has 0 spiro atoms. The number of nitrogens with zero attached hydrogens (tertiary/aromatic N) is 6. The number of pyridine rings is 1. The molecule has 3 aliphatic heterocycles. The quantitative estimate of drug-likeness (QED) is 0.414. The predicted molar refractivity (Wildman–Crippen MR) is 157 cm³/mol. The summed E-state index contributed by atoms with van der Waals surface area (Å²) in [5.74, 6) is 1.07. The van der Waals surface area contributed by atoms with E-state index in [1.165, 1.54) is 0 Å². The molecule has 11 heteroatoms. The van der Waals surface area contributed by atoms with Crippen LogP contribution in [0.2, 0.25) is 0 Å². The Balaban J connectivity index is 1.41. The zero-order valence-corrected chi connectivity index (χ0v) is 24.9. The lowest BCUT2D eigenvalue weighted by molar-refractivity contribution is -0.161. The molecule has 0 aromatic carbocycles. The van der Waals surface area contributed by atoms with Gasteiger partial charge in [0.15, 0.2) is 17.7 Å². The SMILES string of the molecule is CCOC1C(=O)C(CNC(=O)N2CCN(c3nc(N(CC)CC)ccc3N(CC)CC)CC2)C2CCCN2C1=O. The third-order valence-corrected chi connectivity index (χ3v) is 8.60. The Bertz CT molecular complexity index is 1040. The van der Waals surface area contributed by atoms with Gasteiger partial charge in [0.25, 0.3) is 5.91 Å². The number of piperidine rings is 1. The average Bonchev–Trinajstić information content (AvgIpc) is 3.47. The largest absolute Gasteiger partial charge is 0.369 e. The summed E-state index contributed by atoms with van der Waals surface area (Å²) < 4.78 is 5.52. The highest BCUT2D eigenvalue weighted by Gasteiger charge is 2.50. The van der Waals surface area contributed by atoms with Gasteiger partial charge in [-0.3, -0.25) is 9.59 Å². The third-order valence-electron chi connectivity index (χ3n) is 8.60. The zero-order chi connectivity index (χ0) is 28.8. The van der Waals surface area contributed by atoms with Crippen molar-refractivity contribution in [2.45, 2.75) is 59.6 Å². The molecule has 0 aliphatic carbocycles. The molecule has 0 bridgehead atoms. The minimum atomic E-state index is -1.05. The summed E-state index contributed by atoms with van der Waals surface area (Å²) in [6.07, 6.45) is 0.599. The van der Waals surface area contributed by atoms with E-state index in [-0.39, 0.29) is 30.3 Å². The molecule has 3 fully saturated rings. The Morgan fingerprint density at radius 2 is 1.65 bits per heavy atom. The summed E-state index contributed by atoms with van der Waals surface area (Å²) >= 11 is 0. The van der Waals surface area contributed by atoms with Gasteiger partial charge in [0.2, 0.25) is 0 Å². The van der Waals surface area contributed by atoms with Gasteiger partial charge in [-0.25, -0.2) is 9.78 Å². The van der Waals surface area contributed by atoms with E-state index in [0.29, 0.717) is 39.3 Å². The number of piperazine rings is 1. The van der Waals surface area contributed by atoms with Gasteiger partial charge in [-0.2, -0.15) is 0 Å². The lowest BCUT2D eigenvalue weighted by Crippen LogP contribution is -2.61. The molecule has 1 N–H and O–H groups in total. The van der Waals surface area contributed by atoms with Crippen LogP contribution in [0.5, 0.6) is 0 Å². The molecule has 3 saturated heterocycles. The number of ether oxygens (including phenoxy) is 1. The van der Waals surface area contributed by atoms with Crippen molar-refractivity contribution < 1.29 is 19.1 Å². The van der Waals surface area contributed by atoms with Crippen molar-refractivity contribution in [2.24, 2.45) is 5.92 Å². The Hall–Kier alpha value is -3.08. The Morgan fingerprint density at radius 3 is 2.27 bits per heavy atom. The molecular formula is C29H47N7O4. The Morgan fingerprint density at radius 1 is 0.975 bits per heavy atom. The van der Waals surface area contributed by atoms with Crippen LogP contribution >= 0.6 is 0 Å². The fourth-order valence-corrected chi connectivity index (χ4v) is 6.33. The van der Waals surface area contributed by atoms with E-state index < -0.39 is 12.0 Å². The summed E-state index contributed by atoms with van der Waals surface area (Å²) in [6.45, 7) is 17.6. The first-order valence-electron chi connectivity index (χ1n) is 15.1. The van der Waals surface area contributed by atoms with Crippen molar-refractivity contribution in [2.75, 3.05) is 86.8 Å². The number of carbonyl (C=O) groups is 3. The smallest absolute Gasteiger partial charge is 0.317 e. The van der Waals surface area contributed by atoms with Gasteiger partial charge < -0.3 is 34.6 Å². The summed E-state index contributed by atoms with van der Waals surface area (Å²) in [4.78, 5) is 54.6. The maximum atomic E-state index is 13.2. The maximum absolute atomic E-state index is 13.2. The van der Waals surface area contributed by atoms with Crippen LogP contribution in [0.25, 0.3) is 0 Å². The third kappa shape index (κ3) is 5.99. The van der Waals surface area contributed by atoms with Crippen LogP contribution in [0, 0.1) is 5.92 Å². The molecule has 1 aromatic heterocycles. The highest BCUT2D eigenvalue weighted by atomic mass is 16.5. The number of amides is 3. The number of hydrogen-bond donors (Lipinski definition) is 1. The molecule has 222 valence electrons. The fourth-order valence-electron chi connectivity index (χ4n) is 6.33. The minimum absolute atomic E-state index is 0.156. The minimum Gasteiger partial charge on any atom is -0.369 e. The highest BCUT2D eigenvalue weighted by molar-refractivity contribution is 6.08. The van der Waals surface area contributed by atoms with E-state index in [9.17, 15) is 14.4 Å². The van der Waals surface area contributed by atoms with Crippen molar-refractivity contribution in [3.05, 3.63) is 12.1 Å². The first-order chi connectivity index (χ1) is 19.4. The summed E-state index contributed by atoms with van der Waals surface area (Å²) in [5.41, 5.74) is 1.12. The highest BCUT2D eigenvalue weighted by Crippen LogP contribution is 2.33. The summed E-state index contributed by atoms with van der Waals surface area (Å²) in [6, 6.07) is 3.96. The standard InChI is InChI=1S/C29H47N7O4/c1-6-32(7-2)23-13-14-24(33(8-3)9-4)31-27(23)34-16-18-35(19-17-34)29(39)30-20-21-22-12-11-15-36(22)28(38)26(25(21)37)40-10-5/h13-14,21-22,26H,6-12,15-20H2,1-5H3,(H,30,39). The average molecular weight is 558 g/mol. The van der Waals surface area contributed by atoms with Gasteiger partial charge in [0, 0.05) is 78.1 Å². The van der Waals surface area contributed by atoms with E-state index in [1.54, 1.807) is 11.8 Å². The molecule has 3 atom stereocenters. The first-order valence-corrected chi connectivity index (χ1v) is 15.1. The second-order valence-corrected chi connectivity index (χ2v) is 10.6. The van der Waals surface area contributed by atoms with Gasteiger partial charge in [0.1, 0.15) is 5.82 Å². The lowest BCUT2D eigenvalue weighted by atomic mass is 9.86. The number of urea groups is 1. The van der Waals surface area contributed by atoms with E-state index in [2.05, 4.69) is 59.8 Å². The number of anilines is 3. The van der Waals surface area contributed by atoms with Crippen LogP contribution in [0.3, 0.4) is 0 Å². The van der Waals surface area contributed by atoms with Crippen LogP contribution in [0.1, 0.15) is 47.5 Å². The molecule has 0 saturated carbocycles. The molecule has 1 aromatic rings. The number of fused-ring (bicyclic) bond motifs is 1. The van der Waals surface area contributed by atoms with Crippen LogP contribution in [-0.2, 0) is 14.3 Å². The number of nitrogens with one attached hydrogen (secondary N) is 1. The van der Waals surface area contributed by atoms with Gasteiger partial charge in [-0.05, 0) is 59.6 Å². The van der Waals surface area contributed by atoms with E-state index in [0.717, 1.165) is 56.3 Å². The second-order valence-electron chi connectivity index (χ2n) is 10.6. The molecule has 0 radical (unpaired) electrons. The number of aromatic nitrogens is 1. The van der Waals surface area contributed by atoms with Gasteiger partial charge in [0.05, 0.1) is 11.6 Å². The van der Waals surface area contributed by atoms with Gasteiger partial charge in [-0.1, -0.05) is 0 Å². The number of hydrogen-bond acceptors (Lipinski definition) is 8. The van der Waals surface area contributed by atoms with Gasteiger partial charge in [-0.15, -0.1) is 0 Å². The normalized spacial score (nSPS) is 22.9. The topological polar surface area (TPSA) is 102 Å². The fraction of sp³-hybridized carbons (Fsp3) is 0.724. The molecule has 4 heterocycles. The second kappa shape index (κ2) is 13.5. The zero-order valence-electron chi connectivity index (χ0n) is 24.9. The maximum Gasteiger partial charge on any atom is 0.317 e.